The first kappa shape index (κ1) is 18.7. The predicted octanol–water partition coefficient (Wildman–Crippen LogP) is 2.51. The molecule has 0 aliphatic carbocycles. The number of hydrogen-bond acceptors (Lipinski definition) is 6. The fourth-order valence-corrected chi connectivity index (χ4v) is 3.28. The van der Waals surface area contributed by atoms with E-state index in [0.29, 0.717) is 16.9 Å². The highest BCUT2D eigenvalue weighted by atomic mass is 16.5. The van der Waals surface area contributed by atoms with Crippen LogP contribution < -0.4 is 10.1 Å². The molecule has 1 aliphatic heterocycles. The minimum atomic E-state index is -1.29. The molecule has 1 aliphatic rings. The van der Waals surface area contributed by atoms with Crippen molar-refractivity contribution in [3.63, 3.8) is 0 Å². The number of nitrogens with one attached hydrogen (secondary N) is 1. The van der Waals surface area contributed by atoms with Crippen LogP contribution in [0.3, 0.4) is 0 Å². The van der Waals surface area contributed by atoms with Gasteiger partial charge in [0.15, 0.2) is 5.54 Å². The Morgan fingerprint density at radius 3 is 2.15 bits per heavy atom. The number of esters is 2. The van der Waals surface area contributed by atoms with Crippen molar-refractivity contribution in [3.05, 3.63) is 77.4 Å². The second kappa shape index (κ2) is 7.63. The maximum Gasteiger partial charge on any atom is 0.335 e. The van der Waals surface area contributed by atoms with Crippen molar-refractivity contribution < 1.29 is 23.8 Å². The number of methoxy groups -OCH3 is 3. The average molecular weight is 367 g/mol. The van der Waals surface area contributed by atoms with Crippen LogP contribution in [0.5, 0.6) is 5.75 Å². The summed E-state index contributed by atoms with van der Waals surface area (Å²) in [4.78, 5) is 25.2. The van der Waals surface area contributed by atoms with Crippen molar-refractivity contribution in [1.29, 1.82) is 0 Å². The van der Waals surface area contributed by atoms with Crippen LogP contribution >= 0.6 is 0 Å². The summed E-state index contributed by atoms with van der Waals surface area (Å²) < 4.78 is 15.2. The van der Waals surface area contributed by atoms with E-state index in [2.05, 4.69) is 5.32 Å². The number of benzene rings is 2. The highest BCUT2D eigenvalue weighted by molar-refractivity contribution is 5.96. The summed E-state index contributed by atoms with van der Waals surface area (Å²) >= 11 is 0. The summed E-state index contributed by atoms with van der Waals surface area (Å²) in [6, 6.07) is 15.9. The van der Waals surface area contributed by atoms with Gasteiger partial charge in [-0.3, -0.25) is 5.32 Å². The van der Waals surface area contributed by atoms with Gasteiger partial charge in [0, 0.05) is 0 Å². The standard InChI is InChI=1S/C21H21NO5/c1-25-16-11-9-14(10-12-16)18-17(19(23)26-2)13-21(22-18,20(24)27-3)15-7-5-4-6-8-15/h4-13,18,22H,1-3H3/t18-,21+/m0/s1. The normalized spacial score (nSPS) is 21.3. The molecule has 0 amide bonds. The molecule has 1 heterocycles. The first-order chi connectivity index (χ1) is 13.1. The first-order valence-corrected chi connectivity index (χ1v) is 8.42. The molecule has 0 unspecified atom stereocenters. The molecule has 2 atom stereocenters. The van der Waals surface area contributed by atoms with Crippen LogP contribution in [0.25, 0.3) is 0 Å². The van der Waals surface area contributed by atoms with Crippen molar-refractivity contribution in [1.82, 2.24) is 5.32 Å². The lowest BCUT2D eigenvalue weighted by molar-refractivity contribution is -0.146. The molecule has 0 bridgehead atoms. The van der Waals surface area contributed by atoms with Gasteiger partial charge in [-0.2, -0.15) is 0 Å². The van der Waals surface area contributed by atoms with Crippen LogP contribution in [0.4, 0.5) is 0 Å². The van der Waals surface area contributed by atoms with Gasteiger partial charge in [-0.05, 0) is 29.3 Å². The van der Waals surface area contributed by atoms with Gasteiger partial charge in [-0.25, -0.2) is 9.59 Å². The fraction of sp³-hybridized carbons (Fsp3) is 0.238. The van der Waals surface area contributed by atoms with E-state index in [-0.39, 0.29) is 0 Å². The molecule has 6 nitrogen and oxygen atoms in total. The fourth-order valence-electron chi connectivity index (χ4n) is 3.28. The maximum absolute atomic E-state index is 12.8. The Balaban J connectivity index is 2.12. The monoisotopic (exact) mass is 367 g/mol. The molecule has 0 spiro atoms. The highest BCUT2D eigenvalue weighted by Crippen LogP contribution is 2.40. The summed E-state index contributed by atoms with van der Waals surface area (Å²) in [5.74, 6) is -0.321. The van der Waals surface area contributed by atoms with E-state index in [1.807, 2.05) is 42.5 Å². The second-order valence-corrected chi connectivity index (χ2v) is 6.11. The van der Waals surface area contributed by atoms with Gasteiger partial charge >= 0.3 is 11.9 Å². The van der Waals surface area contributed by atoms with Gasteiger partial charge in [-0.1, -0.05) is 42.5 Å². The predicted molar refractivity (Wildman–Crippen MR) is 99.1 cm³/mol. The van der Waals surface area contributed by atoms with Crippen molar-refractivity contribution in [2.24, 2.45) is 0 Å². The molecule has 0 saturated carbocycles. The van der Waals surface area contributed by atoms with Gasteiger partial charge in [0.05, 0.1) is 32.9 Å². The van der Waals surface area contributed by atoms with E-state index in [0.717, 1.165) is 5.56 Å². The highest BCUT2D eigenvalue weighted by Gasteiger charge is 2.49. The van der Waals surface area contributed by atoms with E-state index in [9.17, 15) is 9.59 Å². The Morgan fingerprint density at radius 1 is 0.926 bits per heavy atom. The summed E-state index contributed by atoms with van der Waals surface area (Å²) in [5.41, 5.74) is 0.532. The molecule has 2 aromatic rings. The summed E-state index contributed by atoms with van der Waals surface area (Å²) in [5, 5.41) is 3.28. The first-order valence-electron chi connectivity index (χ1n) is 8.42. The van der Waals surface area contributed by atoms with E-state index < -0.39 is 23.5 Å². The molecule has 6 heteroatoms. The van der Waals surface area contributed by atoms with E-state index in [1.165, 1.54) is 14.2 Å². The van der Waals surface area contributed by atoms with Gasteiger partial charge in [0.2, 0.25) is 0 Å². The van der Waals surface area contributed by atoms with Gasteiger partial charge in [0.1, 0.15) is 5.75 Å². The van der Waals surface area contributed by atoms with Crippen molar-refractivity contribution in [2.75, 3.05) is 21.3 Å². The zero-order chi connectivity index (χ0) is 19.4. The molecule has 1 N–H and O–H groups in total. The smallest absolute Gasteiger partial charge is 0.335 e. The molecular formula is C21H21NO5. The lowest BCUT2D eigenvalue weighted by Gasteiger charge is -2.28. The SMILES string of the molecule is COC(=O)C1=C[C@](C(=O)OC)(c2ccccc2)N[C@H]1c1ccc(OC)cc1. The van der Waals surface area contributed by atoms with Crippen LogP contribution in [-0.2, 0) is 24.6 Å². The lowest BCUT2D eigenvalue weighted by Crippen LogP contribution is -2.46. The third-order valence-corrected chi connectivity index (χ3v) is 4.66. The Labute approximate surface area is 157 Å². The third-order valence-electron chi connectivity index (χ3n) is 4.66. The Kier molecular flexibility index (Phi) is 5.28. The minimum Gasteiger partial charge on any atom is -0.497 e. The molecule has 27 heavy (non-hydrogen) atoms. The topological polar surface area (TPSA) is 73.9 Å². The third kappa shape index (κ3) is 3.31. The van der Waals surface area contributed by atoms with E-state index in [4.69, 9.17) is 14.2 Å². The van der Waals surface area contributed by atoms with E-state index >= 15 is 0 Å². The van der Waals surface area contributed by atoms with Crippen LogP contribution in [-0.4, -0.2) is 33.3 Å². The molecule has 0 saturated heterocycles. The molecule has 3 rings (SSSR count). The van der Waals surface area contributed by atoms with Gasteiger partial charge in [-0.15, -0.1) is 0 Å². The minimum absolute atomic E-state index is 0.344. The van der Waals surface area contributed by atoms with Gasteiger partial charge < -0.3 is 14.2 Å². The number of ether oxygens (including phenoxy) is 3. The quantitative estimate of drug-likeness (QED) is 0.819. The van der Waals surface area contributed by atoms with Crippen LogP contribution in [0.2, 0.25) is 0 Å². The zero-order valence-electron chi connectivity index (χ0n) is 15.4. The zero-order valence-corrected chi connectivity index (χ0v) is 15.4. The summed E-state index contributed by atoms with van der Waals surface area (Å²) in [6.45, 7) is 0. The molecule has 0 fully saturated rings. The van der Waals surface area contributed by atoms with Gasteiger partial charge in [0.25, 0.3) is 0 Å². The number of rotatable bonds is 5. The van der Waals surface area contributed by atoms with Crippen LogP contribution in [0.15, 0.2) is 66.2 Å². The van der Waals surface area contributed by atoms with Crippen molar-refractivity contribution in [3.8, 4) is 5.75 Å². The van der Waals surface area contributed by atoms with Crippen molar-refractivity contribution >= 4 is 11.9 Å². The van der Waals surface area contributed by atoms with Crippen molar-refractivity contribution in [2.45, 2.75) is 11.6 Å². The average Bonchev–Trinajstić information content (AvgIpc) is 3.15. The molecule has 140 valence electrons. The van der Waals surface area contributed by atoms with Crippen LogP contribution in [0.1, 0.15) is 17.2 Å². The summed E-state index contributed by atoms with van der Waals surface area (Å²) in [7, 11) is 4.22. The Hall–Kier alpha value is -3.12. The Morgan fingerprint density at radius 2 is 1.59 bits per heavy atom. The van der Waals surface area contributed by atoms with Crippen LogP contribution in [0, 0.1) is 0 Å². The second-order valence-electron chi connectivity index (χ2n) is 6.11. The number of carbonyl (C=O) groups is 2. The molecular weight excluding hydrogens is 346 g/mol. The molecule has 0 radical (unpaired) electrons. The maximum atomic E-state index is 12.8. The summed E-state index contributed by atoms with van der Waals surface area (Å²) in [6.07, 6.45) is 1.59. The lowest BCUT2D eigenvalue weighted by atomic mass is 9.90. The Bertz CT molecular complexity index is 860. The number of carbonyl (C=O) groups excluding carboxylic acids is 2. The largest absolute Gasteiger partial charge is 0.497 e. The molecule has 2 aromatic carbocycles. The number of hydrogen-bond donors (Lipinski definition) is 1. The molecule has 0 aromatic heterocycles. The van der Waals surface area contributed by atoms with E-state index in [1.54, 1.807) is 25.3 Å².